The summed E-state index contributed by atoms with van der Waals surface area (Å²) in [5, 5.41) is 6.17. The van der Waals surface area contributed by atoms with Gasteiger partial charge in [-0.15, -0.1) is 0 Å². The molecule has 2 N–H and O–H groups in total. The van der Waals surface area contributed by atoms with E-state index in [0.29, 0.717) is 25.3 Å². The molecule has 1 heterocycles. The van der Waals surface area contributed by atoms with Crippen LogP contribution in [0.3, 0.4) is 0 Å². The Kier molecular flexibility index (Phi) is 5.68. The molecule has 23 heavy (non-hydrogen) atoms. The summed E-state index contributed by atoms with van der Waals surface area (Å²) in [5.74, 6) is 0.563. The molecule has 0 spiro atoms. The van der Waals surface area contributed by atoms with Crippen LogP contribution in [0.5, 0.6) is 0 Å². The first-order valence-electron chi connectivity index (χ1n) is 8.11. The number of para-hydroxylation sites is 1. The van der Waals surface area contributed by atoms with Crippen molar-refractivity contribution in [2.45, 2.75) is 45.6 Å². The van der Waals surface area contributed by atoms with Crippen LogP contribution >= 0.6 is 0 Å². The Morgan fingerprint density at radius 3 is 2.70 bits per heavy atom. The molecule has 1 fully saturated rings. The van der Waals surface area contributed by atoms with Gasteiger partial charge >= 0.3 is 0 Å². The molecule has 1 amide bonds. The van der Waals surface area contributed by atoms with E-state index in [4.69, 9.17) is 0 Å². The molecule has 1 unspecified atom stereocenters. The Hall–Kier alpha value is -1.56. The Labute approximate surface area is 138 Å². The largest absolute Gasteiger partial charge is 0.384 e. The van der Waals surface area contributed by atoms with Gasteiger partial charge in [-0.1, -0.05) is 32.0 Å². The van der Waals surface area contributed by atoms with Gasteiger partial charge in [0.25, 0.3) is 0 Å². The third kappa shape index (κ3) is 4.96. The van der Waals surface area contributed by atoms with E-state index in [1.54, 1.807) is 0 Å². The number of sulfone groups is 1. The average molecular weight is 338 g/mol. The zero-order valence-corrected chi connectivity index (χ0v) is 14.9. The Morgan fingerprint density at radius 1 is 1.35 bits per heavy atom. The molecule has 0 aliphatic carbocycles. The first kappa shape index (κ1) is 17.8. The van der Waals surface area contributed by atoms with E-state index in [1.165, 1.54) is 11.1 Å². The van der Waals surface area contributed by atoms with E-state index in [2.05, 4.69) is 43.5 Å². The molecule has 5 nitrogen and oxygen atoms in total. The molecule has 0 saturated carbocycles. The average Bonchev–Trinajstić information content (AvgIpc) is 2.79. The topological polar surface area (TPSA) is 75.3 Å². The number of hydrogen-bond acceptors (Lipinski definition) is 4. The van der Waals surface area contributed by atoms with Crippen molar-refractivity contribution in [3.05, 3.63) is 29.3 Å². The van der Waals surface area contributed by atoms with Gasteiger partial charge < -0.3 is 10.6 Å². The van der Waals surface area contributed by atoms with Gasteiger partial charge in [0.05, 0.1) is 11.5 Å². The lowest BCUT2D eigenvalue weighted by molar-refractivity contribution is -0.121. The SMILES string of the molecule is Cc1cccc(C(C)C)c1NCCC(=O)NC1CCS(=O)(=O)C1. The normalized spacial score (nSPS) is 19.7. The van der Waals surface area contributed by atoms with Gasteiger partial charge in [0.2, 0.25) is 5.91 Å². The van der Waals surface area contributed by atoms with Crippen LogP contribution in [-0.2, 0) is 14.6 Å². The van der Waals surface area contributed by atoms with E-state index >= 15 is 0 Å². The van der Waals surface area contributed by atoms with Crippen molar-refractivity contribution >= 4 is 21.4 Å². The van der Waals surface area contributed by atoms with Crippen molar-refractivity contribution in [1.82, 2.24) is 5.32 Å². The highest BCUT2D eigenvalue weighted by molar-refractivity contribution is 7.91. The van der Waals surface area contributed by atoms with Gasteiger partial charge in [-0.05, 0) is 30.4 Å². The fraction of sp³-hybridized carbons (Fsp3) is 0.588. The zero-order valence-electron chi connectivity index (χ0n) is 14.1. The van der Waals surface area contributed by atoms with Crippen molar-refractivity contribution in [2.24, 2.45) is 0 Å². The molecule has 128 valence electrons. The number of hydrogen-bond donors (Lipinski definition) is 2. The van der Waals surface area contributed by atoms with Gasteiger partial charge in [0, 0.05) is 24.7 Å². The highest BCUT2D eigenvalue weighted by Crippen LogP contribution is 2.27. The summed E-state index contributed by atoms with van der Waals surface area (Å²) in [5.41, 5.74) is 3.50. The number of rotatable bonds is 6. The molecule has 2 rings (SSSR count). The highest BCUT2D eigenvalue weighted by Gasteiger charge is 2.28. The van der Waals surface area contributed by atoms with E-state index in [9.17, 15) is 13.2 Å². The van der Waals surface area contributed by atoms with E-state index in [1.807, 2.05) is 6.07 Å². The van der Waals surface area contributed by atoms with Gasteiger partial charge in [-0.2, -0.15) is 0 Å². The van der Waals surface area contributed by atoms with Crippen molar-refractivity contribution in [1.29, 1.82) is 0 Å². The molecule has 0 bridgehead atoms. The first-order chi connectivity index (χ1) is 10.8. The third-order valence-electron chi connectivity index (χ3n) is 4.18. The Morgan fingerprint density at radius 2 is 2.09 bits per heavy atom. The molecular weight excluding hydrogens is 312 g/mol. The smallest absolute Gasteiger partial charge is 0.222 e. The summed E-state index contributed by atoms with van der Waals surface area (Å²) < 4.78 is 22.8. The molecule has 1 aliphatic rings. The van der Waals surface area contributed by atoms with Crippen LogP contribution in [0.2, 0.25) is 0 Å². The zero-order chi connectivity index (χ0) is 17.0. The molecule has 6 heteroatoms. The van der Waals surface area contributed by atoms with Crippen LogP contribution in [0.1, 0.15) is 43.7 Å². The van der Waals surface area contributed by atoms with Crippen molar-refractivity contribution in [3.63, 3.8) is 0 Å². The fourth-order valence-electron chi connectivity index (χ4n) is 2.92. The van der Waals surface area contributed by atoms with Crippen molar-refractivity contribution < 1.29 is 13.2 Å². The fourth-order valence-corrected chi connectivity index (χ4v) is 4.60. The van der Waals surface area contributed by atoms with Crippen LogP contribution in [0.25, 0.3) is 0 Å². The van der Waals surface area contributed by atoms with Crippen molar-refractivity contribution in [3.8, 4) is 0 Å². The molecule has 0 radical (unpaired) electrons. The number of carbonyl (C=O) groups is 1. The minimum Gasteiger partial charge on any atom is -0.384 e. The number of aryl methyl sites for hydroxylation is 1. The molecule has 1 aliphatic heterocycles. The molecule has 0 aromatic heterocycles. The summed E-state index contributed by atoms with van der Waals surface area (Å²) in [6, 6.07) is 5.97. The molecule has 1 aromatic rings. The second-order valence-corrected chi connectivity index (χ2v) is 8.77. The summed E-state index contributed by atoms with van der Waals surface area (Å²) in [4.78, 5) is 12.0. The van der Waals surface area contributed by atoms with Crippen LogP contribution in [0.4, 0.5) is 5.69 Å². The lowest BCUT2D eigenvalue weighted by Gasteiger charge is -2.17. The van der Waals surface area contributed by atoms with Crippen LogP contribution < -0.4 is 10.6 Å². The minimum atomic E-state index is -2.96. The first-order valence-corrected chi connectivity index (χ1v) is 9.94. The minimum absolute atomic E-state index is 0.0709. The number of benzene rings is 1. The van der Waals surface area contributed by atoms with Gasteiger partial charge in [-0.3, -0.25) is 4.79 Å². The molecule has 1 aromatic carbocycles. The van der Waals surface area contributed by atoms with Crippen LogP contribution in [-0.4, -0.2) is 38.4 Å². The third-order valence-corrected chi connectivity index (χ3v) is 5.95. The Balaban J connectivity index is 1.85. The number of anilines is 1. The number of nitrogens with one attached hydrogen (secondary N) is 2. The monoisotopic (exact) mass is 338 g/mol. The number of amides is 1. The van der Waals surface area contributed by atoms with Crippen LogP contribution in [0, 0.1) is 6.92 Å². The van der Waals surface area contributed by atoms with Gasteiger partial charge in [-0.25, -0.2) is 8.42 Å². The maximum atomic E-state index is 12.0. The predicted octanol–water partition coefficient (Wildman–Crippen LogP) is 2.22. The van der Waals surface area contributed by atoms with Gasteiger partial charge in [0.15, 0.2) is 9.84 Å². The maximum Gasteiger partial charge on any atom is 0.222 e. The quantitative estimate of drug-likeness (QED) is 0.834. The summed E-state index contributed by atoms with van der Waals surface area (Å²) in [6.45, 7) is 6.88. The van der Waals surface area contributed by atoms with E-state index < -0.39 is 9.84 Å². The lowest BCUT2D eigenvalue weighted by Crippen LogP contribution is -2.36. The standard InChI is InChI=1S/C17H26N2O3S/c1-12(2)15-6-4-5-13(3)17(15)18-9-7-16(20)19-14-8-10-23(21,22)11-14/h4-6,12,14,18H,7-11H2,1-3H3,(H,19,20). The number of carbonyl (C=O) groups excluding carboxylic acids is 1. The van der Waals surface area contributed by atoms with Crippen molar-refractivity contribution in [2.75, 3.05) is 23.4 Å². The summed E-state index contributed by atoms with van der Waals surface area (Å²) in [7, 11) is -2.96. The molecular formula is C17H26N2O3S. The lowest BCUT2D eigenvalue weighted by atomic mass is 9.98. The molecule has 1 atom stereocenters. The maximum absolute atomic E-state index is 12.0. The highest BCUT2D eigenvalue weighted by atomic mass is 32.2. The summed E-state index contributed by atoms with van der Waals surface area (Å²) >= 11 is 0. The van der Waals surface area contributed by atoms with Crippen LogP contribution in [0.15, 0.2) is 18.2 Å². The summed E-state index contributed by atoms with van der Waals surface area (Å²) in [6.07, 6.45) is 0.860. The molecule has 1 saturated heterocycles. The van der Waals surface area contributed by atoms with Gasteiger partial charge in [0.1, 0.15) is 0 Å². The van der Waals surface area contributed by atoms with E-state index in [-0.39, 0.29) is 23.5 Å². The second kappa shape index (κ2) is 7.34. The van der Waals surface area contributed by atoms with E-state index in [0.717, 1.165) is 5.69 Å². The predicted molar refractivity (Wildman–Crippen MR) is 93.6 cm³/mol. The second-order valence-electron chi connectivity index (χ2n) is 6.54. The Bertz CT molecular complexity index is 668.